The van der Waals surface area contributed by atoms with Crippen LogP contribution in [0.1, 0.15) is 18.1 Å². The third kappa shape index (κ3) is 3.33. The molecule has 3 aromatic rings. The van der Waals surface area contributed by atoms with Crippen molar-refractivity contribution in [2.45, 2.75) is 31.3 Å². The molecule has 6 heteroatoms. The van der Waals surface area contributed by atoms with Gasteiger partial charge in [0.25, 0.3) is 0 Å². The van der Waals surface area contributed by atoms with Crippen molar-refractivity contribution >= 4 is 11.8 Å². The number of nitrogens with zero attached hydrogens (tertiary/aromatic N) is 3. The van der Waals surface area contributed by atoms with Gasteiger partial charge in [0, 0.05) is 23.4 Å². The second kappa shape index (κ2) is 7.13. The molecule has 0 fully saturated rings. The fraction of sp³-hybridized carbons (Fsp3) is 0.222. The van der Waals surface area contributed by atoms with E-state index in [2.05, 4.69) is 10.2 Å². The van der Waals surface area contributed by atoms with Crippen molar-refractivity contribution in [1.29, 1.82) is 0 Å². The topological polar surface area (TPSA) is 30.7 Å². The normalized spacial score (nSPS) is 11.0. The highest BCUT2D eigenvalue weighted by atomic mass is 32.2. The molecular formula is C18H17F2N3S. The van der Waals surface area contributed by atoms with Gasteiger partial charge >= 0.3 is 0 Å². The highest BCUT2D eigenvalue weighted by Gasteiger charge is 2.15. The maximum absolute atomic E-state index is 13.7. The van der Waals surface area contributed by atoms with Crippen molar-refractivity contribution in [2.75, 3.05) is 0 Å². The number of benzene rings is 2. The Hall–Kier alpha value is -2.21. The fourth-order valence-corrected chi connectivity index (χ4v) is 3.42. The monoisotopic (exact) mass is 345 g/mol. The largest absolute Gasteiger partial charge is 0.302 e. The third-order valence-electron chi connectivity index (χ3n) is 3.75. The lowest BCUT2D eigenvalue weighted by Crippen LogP contribution is -2.00. The molecule has 0 aliphatic carbocycles. The first-order valence-corrected chi connectivity index (χ1v) is 8.64. The summed E-state index contributed by atoms with van der Waals surface area (Å²) < 4.78 is 29.4. The quantitative estimate of drug-likeness (QED) is 0.620. The first-order valence-electron chi connectivity index (χ1n) is 7.66. The summed E-state index contributed by atoms with van der Waals surface area (Å²) >= 11 is 1.28. The van der Waals surface area contributed by atoms with E-state index in [4.69, 9.17) is 0 Å². The van der Waals surface area contributed by atoms with Crippen LogP contribution in [-0.4, -0.2) is 14.8 Å². The summed E-state index contributed by atoms with van der Waals surface area (Å²) in [5.74, 6) is -0.147. The van der Waals surface area contributed by atoms with Gasteiger partial charge in [-0.15, -0.1) is 10.2 Å². The van der Waals surface area contributed by atoms with Crippen LogP contribution in [-0.2, 0) is 12.3 Å². The lowest BCUT2D eigenvalue weighted by molar-refractivity contribution is 0.566. The Labute approximate surface area is 143 Å². The van der Waals surface area contributed by atoms with Crippen LogP contribution in [0.15, 0.2) is 47.6 Å². The molecular weight excluding hydrogens is 328 g/mol. The molecule has 0 aliphatic heterocycles. The zero-order valence-electron chi connectivity index (χ0n) is 13.5. The van der Waals surface area contributed by atoms with E-state index < -0.39 is 11.6 Å². The molecule has 0 radical (unpaired) electrons. The molecule has 0 amide bonds. The Bertz CT molecular complexity index is 824. The van der Waals surface area contributed by atoms with Crippen molar-refractivity contribution in [1.82, 2.24) is 14.8 Å². The predicted octanol–water partition coefficient (Wildman–Crippen LogP) is 4.84. The number of hydrogen-bond acceptors (Lipinski definition) is 3. The molecule has 3 rings (SSSR count). The van der Waals surface area contributed by atoms with Crippen LogP contribution < -0.4 is 0 Å². The third-order valence-corrected chi connectivity index (χ3v) is 4.74. The molecule has 0 saturated carbocycles. The number of aromatic nitrogens is 3. The van der Waals surface area contributed by atoms with Gasteiger partial charge in [-0.1, -0.05) is 47.7 Å². The Kier molecular flexibility index (Phi) is 4.94. The zero-order chi connectivity index (χ0) is 17.1. The molecule has 0 aliphatic rings. The van der Waals surface area contributed by atoms with Gasteiger partial charge < -0.3 is 4.57 Å². The molecule has 2 aromatic carbocycles. The van der Waals surface area contributed by atoms with Gasteiger partial charge in [-0.05, 0) is 26.0 Å². The van der Waals surface area contributed by atoms with Crippen molar-refractivity contribution < 1.29 is 8.78 Å². The summed E-state index contributed by atoms with van der Waals surface area (Å²) in [7, 11) is 0. The number of hydrogen-bond donors (Lipinski definition) is 0. The molecule has 0 bridgehead atoms. The van der Waals surface area contributed by atoms with Crippen molar-refractivity contribution in [3.8, 4) is 11.4 Å². The Balaban J connectivity index is 1.86. The van der Waals surface area contributed by atoms with E-state index in [0.717, 1.165) is 11.4 Å². The van der Waals surface area contributed by atoms with Crippen LogP contribution in [0.25, 0.3) is 11.4 Å². The van der Waals surface area contributed by atoms with E-state index in [9.17, 15) is 8.78 Å². The molecule has 1 aromatic heterocycles. The van der Waals surface area contributed by atoms with Gasteiger partial charge in [0.1, 0.15) is 11.6 Å². The summed E-state index contributed by atoms with van der Waals surface area (Å²) in [4.78, 5) is 0. The number of aryl methyl sites for hydroxylation is 1. The predicted molar refractivity (Wildman–Crippen MR) is 91.8 cm³/mol. The van der Waals surface area contributed by atoms with Crippen LogP contribution in [0, 0.1) is 18.6 Å². The van der Waals surface area contributed by atoms with Gasteiger partial charge in [0.15, 0.2) is 11.0 Å². The fourth-order valence-electron chi connectivity index (χ4n) is 2.40. The van der Waals surface area contributed by atoms with Crippen LogP contribution in [0.5, 0.6) is 0 Å². The van der Waals surface area contributed by atoms with Crippen molar-refractivity contribution in [3.05, 3.63) is 65.2 Å². The van der Waals surface area contributed by atoms with E-state index in [-0.39, 0.29) is 11.3 Å². The molecule has 1 heterocycles. The van der Waals surface area contributed by atoms with Crippen molar-refractivity contribution in [3.63, 3.8) is 0 Å². The smallest absolute Gasteiger partial charge is 0.191 e. The van der Waals surface area contributed by atoms with Crippen LogP contribution in [0.3, 0.4) is 0 Å². The van der Waals surface area contributed by atoms with E-state index in [1.807, 2.05) is 42.7 Å². The maximum atomic E-state index is 13.7. The molecule has 3 nitrogen and oxygen atoms in total. The Morgan fingerprint density at radius 1 is 1.00 bits per heavy atom. The molecule has 124 valence electrons. The molecule has 0 unspecified atom stereocenters. The Morgan fingerprint density at radius 3 is 2.29 bits per heavy atom. The average molecular weight is 345 g/mol. The number of halogens is 2. The second-order valence-corrected chi connectivity index (χ2v) is 6.35. The standard InChI is InChI=1S/C18H17F2N3S/c1-3-23-17(13-9-7-12(2)8-10-13)21-22-18(23)24-11-14-15(19)5-4-6-16(14)20/h4-10H,3,11H2,1-2H3. The van der Waals surface area contributed by atoms with Gasteiger partial charge in [0.2, 0.25) is 0 Å². The minimum Gasteiger partial charge on any atom is -0.302 e. The van der Waals surface area contributed by atoms with E-state index in [1.54, 1.807) is 0 Å². The van der Waals surface area contributed by atoms with Crippen molar-refractivity contribution in [2.24, 2.45) is 0 Å². The number of rotatable bonds is 5. The first kappa shape index (κ1) is 16.6. The molecule has 24 heavy (non-hydrogen) atoms. The van der Waals surface area contributed by atoms with Gasteiger partial charge in [-0.25, -0.2) is 8.78 Å². The average Bonchev–Trinajstić information content (AvgIpc) is 2.98. The minimum atomic E-state index is -0.538. The van der Waals surface area contributed by atoms with Gasteiger partial charge in [0.05, 0.1) is 0 Å². The molecule has 0 N–H and O–H groups in total. The lowest BCUT2D eigenvalue weighted by atomic mass is 10.1. The maximum Gasteiger partial charge on any atom is 0.191 e. The Morgan fingerprint density at radius 2 is 1.67 bits per heavy atom. The molecule has 0 saturated heterocycles. The van der Waals surface area contributed by atoms with Crippen LogP contribution >= 0.6 is 11.8 Å². The minimum absolute atomic E-state index is 0.0602. The zero-order valence-corrected chi connectivity index (χ0v) is 14.3. The molecule has 0 atom stereocenters. The SMILES string of the molecule is CCn1c(SCc2c(F)cccc2F)nnc1-c1ccc(C)cc1. The molecule has 0 spiro atoms. The number of thioether (sulfide) groups is 1. The summed E-state index contributed by atoms with van der Waals surface area (Å²) in [6.07, 6.45) is 0. The van der Waals surface area contributed by atoms with Gasteiger partial charge in [-0.3, -0.25) is 0 Å². The highest BCUT2D eigenvalue weighted by molar-refractivity contribution is 7.98. The summed E-state index contributed by atoms with van der Waals surface area (Å²) in [6.45, 7) is 4.70. The second-order valence-electron chi connectivity index (χ2n) is 5.41. The summed E-state index contributed by atoms with van der Waals surface area (Å²) in [5.41, 5.74) is 2.20. The van der Waals surface area contributed by atoms with E-state index >= 15 is 0 Å². The lowest BCUT2D eigenvalue weighted by Gasteiger charge is -2.08. The van der Waals surface area contributed by atoms with E-state index in [0.29, 0.717) is 11.7 Å². The first-order chi connectivity index (χ1) is 11.6. The van der Waals surface area contributed by atoms with Crippen LogP contribution in [0.4, 0.5) is 8.78 Å². The van der Waals surface area contributed by atoms with Gasteiger partial charge in [-0.2, -0.15) is 0 Å². The summed E-state index contributed by atoms with van der Waals surface area (Å²) in [6, 6.07) is 11.9. The summed E-state index contributed by atoms with van der Waals surface area (Å²) in [5, 5.41) is 9.09. The highest BCUT2D eigenvalue weighted by Crippen LogP contribution is 2.28. The van der Waals surface area contributed by atoms with E-state index in [1.165, 1.54) is 35.5 Å². The van der Waals surface area contributed by atoms with Crippen LogP contribution in [0.2, 0.25) is 0 Å².